The van der Waals surface area contributed by atoms with Crippen LogP contribution in [-0.2, 0) is 16.0 Å². The molecule has 3 rings (SSSR count). The third kappa shape index (κ3) is 3.73. The van der Waals surface area contributed by atoms with Crippen molar-refractivity contribution in [3.05, 3.63) is 30.4 Å². The Morgan fingerprint density at radius 2 is 2.13 bits per heavy atom. The normalized spacial score (nSPS) is 21.4. The minimum atomic E-state index is 0.0804. The van der Waals surface area contributed by atoms with Gasteiger partial charge in [-0.2, -0.15) is 4.98 Å². The maximum atomic E-state index is 12.4. The molecule has 0 bridgehead atoms. The summed E-state index contributed by atoms with van der Waals surface area (Å²) in [5.41, 5.74) is 0.844. The summed E-state index contributed by atoms with van der Waals surface area (Å²) in [4.78, 5) is 22.5. The van der Waals surface area contributed by atoms with Gasteiger partial charge in [0.2, 0.25) is 17.6 Å². The summed E-state index contributed by atoms with van der Waals surface area (Å²) < 4.78 is 10.8. The summed E-state index contributed by atoms with van der Waals surface area (Å²) in [5.74, 6) is 1.08. The molecule has 0 aromatic carbocycles. The number of morpholine rings is 1. The van der Waals surface area contributed by atoms with Gasteiger partial charge in [0.15, 0.2) is 0 Å². The van der Waals surface area contributed by atoms with Crippen LogP contribution in [0.25, 0.3) is 11.4 Å². The van der Waals surface area contributed by atoms with Gasteiger partial charge in [0.1, 0.15) is 0 Å². The van der Waals surface area contributed by atoms with E-state index >= 15 is 0 Å². The highest BCUT2D eigenvalue weighted by molar-refractivity contribution is 5.76. The molecule has 23 heavy (non-hydrogen) atoms. The van der Waals surface area contributed by atoms with Gasteiger partial charge in [0.25, 0.3) is 0 Å². The fourth-order valence-electron chi connectivity index (χ4n) is 2.58. The number of amides is 1. The summed E-state index contributed by atoms with van der Waals surface area (Å²) in [7, 11) is 0. The molecule has 1 fully saturated rings. The number of ether oxygens (including phenoxy) is 1. The number of hydrogen-bond acceptors (Lipinski definition) is 6. The van der Waals surface area contributed by atoms with Gasteiger partial charge in [-0.05, 0) is 26.0 Å². The monoisotopic (exact) mass is 316 g/mol. The number of aromatic nitrogens is 3. The molecule has 7 nitrogen and oxygen atoms in total. The first kappa shape index (κ1) is 15.6. The Morgan fingerprint density at radius 3 is 2.91 bits per heavy atom. The molecular weight excluding hydrogens is 296 g/mol. The Kier molecular flexibility index (Phi) is 4.66. The summed E-state index contributed by atoms with van der Waals surface area (Å²) in [5, 5.41) is 3.95. The average molecular weight is 316 g/mol. The predicted molar refractivity (Wildman–Crippen MR) is 82.4 cm³/mol. The first-order valence-electron chi connectivity index (χ1n) is 7.77. The van der Waals surface area contributed by atoms with Crippen molar-refractivity contribution in [1.29, 1.82) is 0 Å². The van der Waals surface area contributed by atoms with Crippen LogP contribution in [0.4, 0.5) is 0 Å². The number of nitrogens with zero attached hydrogens (tertiary/aromatic N) is 4. The number of carbonyl (C=O) groups excluding carboxylic acids is 1. The van der Waals surface area contributed by atoms with Crippen LogP contribution in [0.1, 0.15) is 26.2 Å². The molecule has 3 heterocycles. The molecule has 0 aliphatic carbocycles. The fourth-order valence-corrected chi connectivity index (χ4v) is 2.58. The predicted octanol–water partition coefficient (Wildman–Crippen LogP) is 1.70. The third-order valence-electron chi connectivity index (χ3n) is 3.89. The van der Waals surface area contributed by atoms with Crippen molar-refractivity contribution in [1.82, 2.24) is 20.0 Å². The van der Waals surface area contributed by atoms with Gasteiger partial charge in [-0.3, -0.25) is 9.78 Å². The summed E-state index contributed by atoms with van der Waals surface area (Å²) >= 11 is 0. The summed E-state index contributed by atoms with van der Waals surface area (Å²) in [6, 6.07) is 3.74. The lowest BCUT2D eigenvalue weighted by Crippen LogP contribution is -2.50. The zero-order chi connectivity index (χ0) is 16.2. The zero-order valence-corrected chi connectivity index (χ0v) is 13.3. The number of aryl methyl sites for hydroxylation is 1. The smallest absolute Gasteiger partial charge is 0.227 e. The van der Waals surface area contributed by atoms with E-state index in [1.54, 1.807) is 12.4 Å². The van der Waals surface area contributed by atoms with Crippen LogP contribution in [0.5, 0.6) is 0 Å². The van der Waals surface area contributed by atoms with Gasteiger partial charge in [-0.25, -0.2) is 0 Å². The second-order valence-corrected chi connectivity index (χ2v) is 5.79. The van der Waals surface area contributed by atoms with Gasteiger partial charge >= 0.3 is 0 Å². The van der Waals surface area contributed by atoms with Crippen LogP contribution in [0.2, 0.25) is 0 Å². The van der Waals surface area contributed by atoms with Gasteiger partial charge < -0.3 is 14.2 Å². The van der Waals surface area contributed by atoms with Crippen LogP contribution in [0.15, 0.2) is 29.0 Å². The highest BCUT2D eigenvalue weighted by Gasteiger charge is 2.27. The van der Waals surface area contributed by atoms with E-state index in [0.717, 1.165) is 5.56 Å². The van der Waals surface area contributed by atoms with E-state index in [1.807, 2.05) is 30.9 Å². The molecule has 2 atom stereocenters. The Balaban J connectivity index is 1.58. The Morgan fingerprint density at radius 1 is 1.35 bits per heavy atom. The molecule has 0 N–H and O–H groups in total. The second kappa shape index (κ2) is 6.87. The molecule has 0 radical (unpaired) electrons. The van der Waals surface area contributed by atoms with E-state index in [9.17, 15) is 4.79 Å². The quantitative estimate of drug-likeness (QED) is 0.854. The standard InChI is InChI=1S/C16H20N4O3/c1-11-10-22-12(2)9-20(11)15(21)4-3-14-18-16(19-23-14)13-5-7-17-8-6-13/h5-8,11-12H,3-4,9-10H2,1-2H3/t11-,12+/m1/s1. The highest BCUT2D eigenvalue weighted by Crippen LogP contribution is 2.16. The third-order valence-corrected chi connectivity index (χ3v) is 3.89. The van der Waals surface area contributed by atoms with Crippen molar-refractivity contribution in [2.24, 2.45) is 0 Å². The van der Waals surface area contributed by atoms with Crippen molar-refractivity contribution in [2.45, 2.75) is 38.8 Å². The van der Waals surface area contributed by atoms with E-state index in [2.05, 4.69) is 15.1 Å². The van der Waals surface area contributed by atoms with E-state index in [4.69, 9.17) is 9.26 Å². The lowest BCUT2D eigenvalue weighted by Gasteiger charge is -2.36. The van der Waals surface area contributed by atoms with Crippen LogP contribution in [-0.4, -0.2) is 51.2 Å². The van der Waals surface area contributed by atoms with Crippen LogP contribution in [0.3, 0.4) is 0 Å². The largest absolute Gasteiger partial charge is 0.375 e. The molecule has 0 saturated carbocycles. The van der Waals surface area contributed by atoms with Crippen molar-refractivity contribution in [3.8, 4) is 11.4 Å². The SMILES string of the molecule is C[C@@H]1CO[C@@H](C)CN1C(=O)CCc1nc(-c2ccncc2)no1. The van der Waals surface area contributed by atoms with E-state index in [0.29, 0.717) is 37.7 Å². The summed E-state index contributed by atoms with van der Waals surface area (Å²) in [6.07, 6.45) is 4.23. The van der Waals surface area contributed by atoms with Gasteiger partial charge in [0, 0.05) is 37.3 Å². The van der Waals surface area contributed by atoms with Crippen molar-refractivity contribution >= 4 is 5.91 Å². The number of pyridine rings is 1. The molecular formula is C16H20N4O3. The lowest BCUT2D eigenvalue weighted by atomic mass is 10.1. The van der Waals surface area contributed by atoms with Gasteiger partial charge in [-0.15, -0.1) is 0 Å². The maximum absolute atomic E-state index is 12.4. The van der Waals surface area contributed by atoms with E-state index in [-0.39, 0.29) is 18.1 Å². The van der Waals surface area contributed by atoms with E-state index < -0.39 is 0 Å². The van der Waals surface area contributed by atoms with E-state index in [1.165, 1.54) is 0 Å². The van der Waals surface area contributed by atoms with Crippen molar-refractivity contribution in [2.75, 3.05) is 13.2 Å². The molecule has 1 saturated heterocycles. The first-order chi connectivity index (χ1) is 11.1. The summed E-state index contributed by atoms with van der Waals surface area (Å²) in [6.45, 7) is 5.19. The average Bonchev–Trinajstić information content (AvgIpc) is 3.05. The molecule has 7 heteroatoms. The first-order valence-corrected chi connectivity index (χ1v) is 7.77. The Hall–Kier alpha value is -2.28. The van der Waals surface area contributed by atoms with Crippen LogP contribution < -0.4 is 0 Å². The second-order valence-electron chi connectivity index (χ2n) is 5.79. The Bertz CT molecular complexity index is 658. The molecule has 1 aliphatic rings. The number of hydrogen-bond donors (Lipinski definition) is 0. The molecule has 1 aliphatic heterocycles. The van der Waals surface area contributed by atoms with Gasteiger partial charge in [-0.1, -0.05) is 5.16 Å². The molecule has 2 aromatic heterocycles. The molecule has 1 amide bonds. The highest BCUT2D eigenvalue weighted by atomic mass is 16.5. The Labute approximate surface area is 134 Å². The minimum absolute atomic E-state index is 0.0804. The lowest BCUT2D eigenvalue weighted by molar-refractivity contribution is -0.143. The van der Waals surface area contributed by atoms with Crippen molar-refractivity contribution in [3.63, 3.8) is 0 Å². The van der Waals surface area contributed by atoms with Crippen LogP contribution >= 0.6 is 0 Å². The minimum Gasteiger partial charge on any atom is -0.375 e. The van der Waals surface area contributed by atoms with Crippen LogP contribution in [0, 0.1) is 0 Å². The van der Waals surface area contributed by atoms with Crippen molar-refractivity contribution < 1.29 is 14.1 Å². The zero-order valence-electron chi connectivity index (χ0n) is 13.3. The number of carbonyl (C=O) groups is 1. The molecule has 2 aromatic rings. The van der Waals surface area contributed by atoms with Gasteiger partial charge in [0.05, 0.1) is 18.8 Å². The maximum Gasteiger partial charge on any atom is 0.227 e. The number of rotatable bonds is 4. The molecule has 122 valence electrons. The molecule has 0 unspecified atom stereocenters. The molecule has 0 spiro atoms. The topological polar surface area (TPSA) is 81.4 Å². The fraction of sp³-hybridized carbons (Fsp3) is 0.500.